The van der Waals surface area contributed by atoms with Crippen molar-refractivity contribution in [3.05, 3.63) is 16.0 Å². The van der Waals surface area contributed by atoms with Crippen LogP contribution in [-0.2, 0) is 10.0 Å². The summed E-state index contributed by atoms with van der Waals surface area (Å²) in [7, 11) is -3.47. The molecule has 1 rings (SSSR count). The van der Waals surface area contributed by atoms with E-state index in [-0.39, 0.29) is 29.2 Å². The lowest BCUT2D eigenvalue weighted by atomic mass is 10.4. The van der Waals surface area contributed by atoms with Gasteiger partial charge in [0.25, 0.3) is 0 Å². The van der Waals surface area contributed by atoms with Crippen molar-refractivity contribution in [2.75, 3.05) is 6.54 Å². The van der Waals surface area contributed by atoms with Gasteiger partial charge in [0.1, 0.15) is 4.21 Å². The molecule has 0 aliphatic heterocycles. The molecule has 16 heavy (non-hydrogen) atoms. The Morgan fingerprint density at radius 1 is 1.62 bits per heavy atom. The Morgan fingerprint density at radius 2 is 2.19 bits per heavy atom. The SMILES string of the molecule is Cc1cc(S(=O)(=O)N[C@@H](C)CN)sc1Cl.Cl. The maximum atomic E-state index is 11.8. The summed E-state index contributed by atoms with van der Waals surface area (Å²) in [4.78, 5) is 0. The van der Waals surface area contributed by atoms with Gasteiger partial charge in [-0.25, -0.2) is 13.1 Å². The van der Waals surface area contributed by atoms with E-state index in [1.165, 1.54) is 0 Å². The van der Waals surface area contributed by atoms with Crippen molar-refractivity contribution in [1.29, 1.82) is 0 Å². The van der Waals surface area contributed by atoms with Crippen molar-refractivity contribution in [2.24, 2.45) is 5.73 Å². The fourth-order valence-corrected chi connectivity index (χ4v) is 3.92. The number of rotatable bonds is 4. The summed E-state index contributed by atoms with van der Waals surface area (Å²) in [5.41, 5.74) is 6.11. The van der Waals surface area contributed by atoms with Gasteiger partial charge in [0.15, 0.2) is 0 Å². The highest BCUT2D eigenvalue weighted by atomic mass is 35.5. The third kappa shape index (κ3) is 3.87. The quantitative estimate of drug-likeness (QED) is 0.890. The fourth-order valence-electron chi connectivity index (χ4n) is 0.935. The van der Waals surface area contributed by atoms with E-state index in [2.05, 4.69) is 4.72 Å². The van der Waals surface area contributed by atoms with Gasteiger partial charge >= 0.3 is 0 Å². The highest BCUT2D eigenvalue weighted by Gasteiger charge is 2.19. The predicted octanol–water partition coefficient (Wildman–Crippen LogP) is 1.76. The Kier molecular flexibility index (Phi) is 6.24. The Hall–Kier alpha value is 0.150. The third-order valence-electron chi connectivity index (χ3n) is 1.81. The Bertz CT molecular complexity index is 425. The molecular weight excluding hydrogens is 291 g/mol. The molecule has 4 nitrogen and oxygen atoms in total. The van der Waals surface area contributed by atoms with Crippen LogP contribution in [0.15, 0.2) is 10.3 Å². The van der Waals surface area contributed by atoms with Crippen LogP contribution >= 0.6 is 35.3 Å². The Balaban J connectivity index is 0.00000225. The lowest BCUT2D eigenvalue weighted by molar-refractivity contribution is 0.564. The van der Waals surface area contributed by atoms with Crippen molar-refractivity contribution in [2.45, 2.75) is 24.1 Å². The number of nitrogens with one attached hydrogen (secondary N) is 1. The number of hydrogen-bond acceptors (Lipinski definition) is 4. The predicted molar refractivity (Wildman–Crippen MR) is 70.2 cm³/mol. The summed E-state index contributed by atoms with van der Waals surface area (Å²) in [6.07, 6.45) is 0. The minimum absolute atomic E-state index is 0. The van der Waals surface area contributed by atoms with E-state index in [4.69, 9.17) is 17.3 Å². The molecule has 0 aliphatic rings. The average molecular weight is 305 g/mol. The second-order valence-electron chi connectivity index (χ2n) is 3.28. The topological polar surface area (TPSA) is 72.2 Å². The summed E-state index contributed by atoms with van der Waals surface area (Å²) < 4.78 is 26.7. The van der Waals surface area contributed by atoms with Gasteiger partial charge in [-0.1, -0.05) is 11.6 Å². The molecule has 94 valence electrons. The van der Waals surface area contributed by atoms with E-state index in [9.17, 15) is 8.42 Å². The van der Waals surface area contributed by atoms with E-state index < -0.39 is 10.0 Å². The fraction of sp³-hybridized carbons (Fsp3) is 0.500. The van der Waals surface area contributed by atoms with Crippen molar-refractivity contribution >= 4 is 45.4 Å². The molecule has 1 atom stereocenters. The molecule has 3 N–H and O–H groups in total. The zero-order valence-electron chi connectivity index (χ0n) is 8.86. The van der Waals surface area contributed by atoms with Crippen LogP contribution in [-0.4, -0.2) is 21.0 Å². The minimum Gasteiger partial charge on any atom is -0.329 e. The highest BCUT2D eigenvalue weighted by molar-refractivity contribution is 7.91. The van der Waals surface area contributed by atoms with Gasteiger partial charge in [0.2, 0.25) is 10.0 Å². The summed E-state index contributed by atoms with van der Waals surface area (Å²) in [6, 6.07) is 1.27. The van der Waals surface area contributed by atoms with Gasteiger partial charge in [-0.05, 0) is 25.5 Å². The second kappa shape index (κ2) is 6.18. The molecule has 1 aromatic rings. The van der Waals surface area contributed by atoms with Crippen molar-refractivity contribution < 1.29 is 8.42 Å². The molecule has 0 aliphatic carbocycles. The van der Waals surface area contributed by atoms with E-state index >= 15 is 0 Å². The van der Waals surface area contributed by atoms with Gasteiger partial charge in [-0.15, -0.1) is 23.7 Å². The van der Waals surface area contributed by atoms with Gasteiger partial charge < -0.3 is 5.73 Å². The lowest BCUT2D eigenvalue weighted by Gasteiger charge is -2.09. The van der Waals surface area contributed by atoms with Crippen LogP contribution in [0.3, 0.4) is 0 Å². The molecule has 0 spiro atoms. The number of hydrogen-bond donors (Lipinski definition) is 2. The van der Waals surface area contributed by atoms with Gasteiger partial charge in [0.05, 0.1) is 4.34 Å². The molecule has 0 amide bonds. The number of thiophene rings is 1. The first-order valence-electron chi connectivity index (χ1n) is 4.35. The molecular formula is C8H14Cl2N2O2S2. The molecule has 0 bridgehead atoms. The van der Waals surface area contributed by atoms with E-state index in [0.29, 0.717) is 4.34 Å². The molecule has 0 unspecified atom stereocenters. The zero-order chi connectivity index (χ0) is 11.6. The smallest absolute Gasteiger partial charge is 0.250 e. The minimum atomic E-state index is -3.47. The van der Waals surface area contributed by atoms with Crippen LogP contribution in [0.25, 0.3) is 0 Å². The van der Waals surface area contributed by atoms with Crippen LogP contribution < -0.4 is 10.5 Å². The molecule has 0 saturated heterocycles. The lowest BCUT2D eigenvalue weighted by Crippen LogP contribution is -2.37. The van der Waals surface area contributed by atoms with E-state index in [1.54, 1.807) is 19.9 Å². The molecule has 1 aromatic heterocycles. The third-order valence-corrected chi connectivity index (χ3v) is 5.43. The maximum Gasteiger partial charge on any atom is 0.250 e. The largest absolute Gasteiger partial charge is 0.329 e. The molecule has 8 heteroatoms. The van der Waals surface area contributed by atoms with Crippen molar-refractivity contribution in [1.82, 2.24) is 4.72 Å². The number of sulfonamides is 1. The summed E-state index contributed by atoms with van der Waals surface area (Å²) >= 11 is 6.86. The second-order valence-corrected chi connectivity index (χ2v) is 6.88. The monoisotopic (exact) mass is 304 g/mol. The average Bonchev–Trinajstić information content (AvgIpc) is 2.47. The first-order chi connectivity index (χ1) is 6.86. The van der Waals surface area contributed by atoms with Gasteiger partial charge in [-0.2, -0.15) is 0 Å². The first-order valence-corrected chi connectivity index (χ1v) is 7.03. The molecule has 0 fully saturated rings. The van der Waals surface area contributed by atoms with Crippen LogP contribution in [0.5, 0.6) is 0 Å². The summed E-state index contributed by atoms with van der Waals surface area (Å²) in [6.45, 7) is 3.74. The van der Waals surface area contributed by atoms with Crippen LogP contribution in [0.2, 0.25) is 4.34 Å². The summed E-state index contributed by atoms with van der Waals surface area (Å²) in [5, 5.41) is 0. The number of nitrogens with two attached hydrogens (primary N) is 1. The van der Waals surface area contributed by atoms with Gasteiger partial charge in [0, 0.05) is 12.6 Å². The first kappa shape index (κ1) is 16.1. The van der Waals surface area contributed by atoms with Crippen molar-refractivity contribution in [3.63, 3.8) is 0 Å². The molecule has 0 saturated carbocycles. The van der Waals surface area contributed by atoms with Crippen LogP contribution in [0, 0.1) is 6.92 Å². The molecule has 0 radical (unpaired) electrons. The Labute approximate surface area is 111 Å². The standard InChI is InChI=1S/C8H13ClN2O2S2.ClH/c1-5-3-7(14-8(5)9)15(12,13)11-6(2)4-10;/h3,6,11H,4,10H2,1-2H3;1H/t6-;/m0./s1. The maximum absolute atomic E-state index is 11.8. The Morgan fingerprint density at radius 3 is 2.56 bits per heavy atom. The number of halogens is 2. The normalized spacial score (nSPS) is 13.2. The number of aryl methyl sites for hydroxylation is 1. The van der Waals surface area contributed by atoms with Gasteiger partial charge in [-0.3, -0.25) is 0 Å². The molecule has 1 heterocycles. The zero-order valence-corrected chi connectivity index (χ0v) is 12.1. The summed E-state index contributed by atoms with van der Waals surface area (Å²) in [5.74, 6) is 0. The van der Waals surface area contributed by atoms with Crippen LogP contribution in [0.4, 0.5) is 0 Å². The molecule has 0 aromatic carbocycles. The van der Waals surface area contributed by atoms with E-state index in [0.717, 1.165) is 16.9 Å². The van der Waals surface area contributed by atoms with E-state index in [1.807, 2.05) is 0 Å². The van der Waals surface area contributed by atoms with Crippen molar-refractivity contribution in [3.8, 4) is 0 Å². The van der Waals surface area contributed by atoms with Crippen LogP contribution in [0.1, 0.15) is 12.5 Å². The highest BCUT2D eigenvalue weighted by Crippen LogP contribution is 2.29.